The summed E-state index contributed by atoms with van der Waals surface area (Å²) >= 11 is 1.68. The molecule has 0 aliphatic heterocycles. The molecule has 1 heterocycles. The summed E-state index contributed by atoms with van der Waals surface area (Å²) in [5, 5.41) is 7.50. The normalized spacial score (nSPS) is 11.5. The van der Waals surface area contributed by atoms with Crippen LogP contribution in [0.15, 0.2) is 39.9 Å². The highest BCUT2D eigenvalue weighted by Gasteiger charge is 2.10. The maximum Gasteiger partial charge on any atom is 0.240 e. The van der Waals surface area contributed by atoms with Crippen LogP contribution in [0.4, 0.5) is 5.69 Å². The Morgan fingerprint density at radius 3 is 2.37 bits per heavy atom. The van der Waals surface area contributed by atoms with E-state index in [1.807, 2.05) is 0 Å². The van der Waals surface area contributed by atoms with Crippen molar-refractivity contribution in [1.29, 1.82) is 0 Å². The fourth-order valence-corrected chi connectivity index (χ4v) is 3.22. The van der Waals surface area contributed by atoms with Gasteiger partial charge in [0.15, 0.2) is 0 Å². The summed E-state index contributed by atoms with van der Waals surface area (Å²) < 4.78 is 25.4. The van der Waals surface area contributed by atoms with Crippen molar-refractivity contribution in [3.63, 3.8) is 0 Å². The van der Waals surface area contributed by atoms with E-state index >= 15 is 0 Å². The molecule has 2 aromatic rings. The van der Waals surface area contributed by atoms with Crippen molar-refractivity contribution < 1.29 is 8.42 Å². The smallest absolute Gasteiger partial charge is 0.240 e. The van der Waals surface area contributed by atoms with Crippen LogP contribution in [0.3, 0.4) is 0 Å². The molecule has 0 atom stereocenters. The minimum absolute atomic E-state index is 0.271. The first-order valence-electron chi connectivity index (χ1n) is 5.82. The van der Waals surface area contributed by atoms with Crippen LogP contribution in [0, 0.1) is 6.92 Å². The Morgan fingerprint density at radius 2 is 1.84 bits per heavy atom. The van der Waals surface area contributed by atoms with E-state index in [1.54, 1.807) is 35.6 Å². The lowest BCUT2D eigenvalue weighted by atomic mass is 10.2. The van der Waals surface area contributed by atoms with Crippen molar-refractivity contribution in [3.8, 4) is 0 Å². The third kappa shape index (κ3) is 3.34. The molecule has 0 saturated carbocycles. The van der Waals surface area contributed by atoms with E-state index in [0.29, 0.717) is 0 Å². The van der Waals surface area contributed by atoms with Gasteiger partial charge in [0, 0.05) is 12.2 Å². The number of nitrogens with one attached hydrogen (secondary N) is 2. The predicted octanol–water partition coefficient (Wildman–Crippen LogP) is 2.58. The van der Waals surface area contributed by atoms with E-state index < -0.39 is 10.0 Å². The second kappa shape index (κ2) is 5.73. The molecule has 0 aliphatic rings. The van der Waals surface area contributed by atoms with Gasteiger partial charge < -0.3 is 5.32 Å². The molecule has 2 N–H and O–H groups in total. The Hall–Kier alpha value is -1.37. The minimum Gasteiger partial charge on any atom is -0.381 e. The summed E-state index contributed by atoms with van der Waals surface area (Å²) in [6.45, 7) is 2.82. The Bertz CT molecular complexity index is 646. The summed E-state index contributed by atoms with van der Waals surface area (Å²) in [6, 6.07) is 6.72. The van der Waals surface area contributed by atoms with Crippen LogP contribution >= 0.6 is 11.3 Å². The first-order valence-corrected chi connectivity index (χ1v) is 8.24. The van der Waals surface area contributed by atoms with E-state index in [1.165, 1.54) is 18.2 Å². The van der Waals surface area contributed by atoms with Crippen molar-refractivity contribution >= 4 is 27.0 Å². The third-order valence-electron chi connectivity index (χ3n) is 2.88. The molecule has 0 saturated heterocycles. The highest BCUT2D eigenvalue weighted by Crippen LogP contribution is 2.17. The highest BCUT2D eigenvalue weighted by molar-refractivity contribution is 7.89. The van der Waals surface area contributed by atoms with Gasteiger partial charge >= 0.3 is 0 Å². The lowest BCUT2D eigenvalue weighted by Gasteiger charge is -2.07. The van der Waals surface area contributed by atoms with Gasteiger partial charge in [-0.05, 0) is 60.1 Å². The zero-order valence-corrected chi connectivity index (χ0v) is 12.4. The lowest BCUT2D eigenvalue weighted by molar-refractivity contribution is 0.588. The topological polar surface area (TPSA) is 58.2 Å². The number of thiophene rings is 1. The summed E-state index contributed by atoms with van der Waals surface area (Å²) in [6.07, 6.45) is 0. The van der Waals surface area contributed by atoms with Crippen LogP contribution < -0.4 is 10.0 Å². The van der Waals surface area contributed by atoms with Crippen molar-refractivity contribution in [3.05, 3.63) is 46.2 Å². The average Bonchev–Trinajstić information content (AvgIpc) is 2.82. The molecule has 1 aromatic heterocycles. The van der Waals surface area contributed by atoms with Crippen LogP contribution in [-0.2, 0) is 16.6 Å². The average molecular weight is 296 g/mol. The third-order valence-corrected chi connectivity index (χ3v) is 5.22. The van der Waals surface area contributed by atoms with Gasteiger partial charge in [-0.3, -0.25) is 0 Å². The molecule has 0 aliphatic carbocycles. The lowest BCUT2D eigenvalue weighted by Crippen LogP contribution is -2.18. The van der Waals surface area contributed by atoms with Gasteiger partial charge in [-0.2, -0.15) is 11.3 Å². The van der Waals surface area contributed by atoms with Gasteiger partial charge in [0.2, 0.25) is 10.0 Å². The molecule has 0 unspecified atom stereocenters. The molecule has 0 amide bonds. The first-order chi connectivity index (χ1) is 9.03. The first kappa shape index (κ1) is 14.0. The van der Waals surface area contributed by atoms with E-state index in [9.17, 15) is 8.42 Å². The van der Waals surface area contributed by atoms with Crippen LogP contribution in [0.5, 0.6) is 0 Å². The molecule has 1 aromatic carbocycles. The van der Waals surface area contributed by atoms with Crippen LogP contribution in [0.2, 0.25) is 0 Å². The van der Waals surface area contributed by atoms with E-state index in [0.717, 1.165) is 12.2 Å². The van der Waals surface area contributed by atoms with Gasteiger partial charge in [0.25, 0.3) is 0 Å². The summed E-state index contributed by atoms with van der Waals surface area (Å²) in [7, 11) is -1.95. The zero-order valence-electron chi connectivity index (χ0n) is 10.8. The highest BCUT2D eigenvalue weighted by atomic mass is 32.2. The molecule has 6 heteroatoms. The number of aryl methyl sites for hydroxylation is 1. The van der Waals surface area contributed by atoms with E-state index in [2.05, 4.69) is 27.7 Å². The SMILES string of the molecule is CNS(=O)(=O)c1ccc(NCc2cscc2C)cc1. The molecular weight excluding hydrogens is 280 g/mol. The zero-order chi connectivity index (χ0) is 13.9. The Labute approximate surface area is 117 Å². The summed E-state index contributed by atoms with van der Waals surface area (Å²) in [4.78, 5) is 0.271. The van der Waals surface area contributed by atoms with Crippen molar-refractivity contribution in [2.24, 2.45) is 0 Å². The summed E-state index contributed by atoms with van der Waals surface area (Å²) in [5.41, 5.74) is 3.43. The molecule has 4 nitrogen and oxygen atoms in total. The van der Waals surface area contributed by atoms with Crippen molar-refractivity contribution in [1.82, 2.24) is 4.72 Å². The minimum atomic E-state index is -3.36. The number of benzene rings is 1. The number of hydrogen-bond donors (Lipinski definition) is 2. The fraction of sp³-hybridized carbons (Fsp3) is 0.231. The van der Waals surface area contributed by atoms with Gasteiger partial charge in [-0.15, -0.1) is 0 Å². The predicted molar refractivity (Wildman–Crippen MR) is 79.1 cm³/mol. The Balaban J connectivity index is 2.06. The number of rotatable bonds is 5. The van der Waals surface area contributed by atoms with Gasteiger partial charge in [0.1, 0.15) is 0 Å². The standard InChI is InChI=1S/C13H16N2O2S2/c1-10-8-18-9-11(10)7-15-12-3-5-13(6-4-12)19(16,17)14-2/h3-6,8-9,14-15H,7H2,1-2H3. The monoisotopic (exact) mass is 296 g/mol. The van der Waals surface area contributed by atoms with Crippen molar-refractivity contribution in [2.45, 2.75) is 18.4 Å². The molecule has 2 rings (SSSR count). The van der Waals surface area contributed by atoms with Gasteiger partial charge in [-0.25, -0.2) is 13.1 Å². The maximum atomic E-state index is 11.6. The molecule has 0 spiro atoms. The quantitative estimate of drug-likeness (QED) is 0.891. The van der Waals surface area contributed by atoms with Crippen LogP contribution in [0.25, 0.3) is 0 Å². The fourth-order valence-electron chi connectivity index (χ4n) is 1.64. The van der Waals surface area contributed by atoms with Gasteiger partial charge in [0.05, 0.1) is 4.90 Å². The molecule has 0 radical (unpaired) electrons. The van der Waals surface area contributed by atoms with E-state index in [4.69, 9.17) is 0 Å². The van der Waals surface area contributed by atoms with Gasteiger partial charge in [-0.1, -0.05) is 0 Å². The molecule has 0 bridgehead atoms. The largest absolute Gasteiger partial charge is 0.381 e. The van der Waals surface area contributed by atoms with Crippen LogP contribution in [0.1, 0.15) is 11.1 Å². The second-order valence-corrected chi connectivity index (χ2v) is 6.80. The Morgan fingerprint density at radius 1 is 1.16 bits per heavy atom. The molecule has 102 valence electrons. The number of anilines is 1. The Kier molecular flexibility index (Phi) is 4.24. The molecular formula is C13H16N2O2S2. The molecule has 0 fully saturated rings. The maximum absolute atomic E-state index is 11.6. The number of sulfonamides is 1. The summed E-state index contributed by atoms with van der Waals surface area (Å²) in [5.74, 6) is 0. The van der Waals surface area contributed by atoms with Crippen molar-refractivity contribution in [2.75, 3.05) is 12.4 Å². The number of hydrogen-bond acceptors (Lipinski definition) is 4. The molecule has 19 heavy (non-hydrogen) atoms. The van der Waals surface area contributed by atoms with E-state index in [-0.39, 0.29) is 4.90 Å². The second-order valence-electron chi connectivity index (χ2n) is 4.17. The van der Waals surface area contributed by atoms with Crippen LogP contribution in [-0.4, -0.2) is 15.5 Å².